The Balaban J connectivity index is 2.60. The number of aromatic nitrogens is 2. The fourth-order valence-corrected chi connectivity index (χ4v) is 1.36. The number of aryl methyl sites for hydroxylation is 1. The monoisotopic (exact) mass is 209 g/mol. The molecule has 15 heavy (non-hydrogen) atoms. The summed E-state index contributed by atoms with van der Waals surface area (Å²) in [6.45, 7) is 0. The number of halogens is 2. The Morgan fingerprint density at radius 3 is 2.33 bits per heavy atom. The Hall–Kier alpha value is -1.91. The van der Waals surface area contributed by atoms with E-state index in [0.717, 1.165) is 0 Å². The van der Waals surface area contributed by atoms with E-state index in [1.807, 2.05) is 0 Å². The van der Waals surface area contributed by atoms with Crippen LogP contribution in [-0.2, 0) is 7.05 Å². The molecule has 1 aromatic carbocycles. The summed E-state index contributed by atoms with van der Waals surface area (Å²) < 4.78 is 28.0. The van der Waals surface area contributed by atoms with Crippen molar-refractivity contribution in [1.29, 1.82) is 0 Å². The van der Waals surface area contributed by atoms with Crippen molar-refractivity contribution >= 4 is 5.69 Å². The Morgan fingerprint density at radius 2 is 1.87 bits per heavy atom. The molecule has 1 aromatic heterocycles. The molecule has 0 aliphatic carbocycles. The summed E-state index contributed by atoms with van der Waals surface area (Å²) in [6.07, 6.45) is 3.25. The van der Waals surface area contributed by atoms with Crippen molar-refractivity contribution in [2.75, 3.05) is 5.73 Å². The van der Waals surface area contributed by atoms with Gasteiger partial charge in [-0.05, 0) is 12.1 Å². The van der Waals surface area contributed by atoms with Crippen LogP contribution in [0.2, 0.25) is 0 Å². The van der Waals surface area contributed by atoms with Crippen LogP contribution in [0.1, 0.15) is 0 Å². The lowest BCUT2D eigenvalue weighted by Gasteiger charge is -2.04. The molecule has 0 bridgehead atoms. The van der Waals surface area contributed by atoms with E-state index in [9.17, 15) is 8.78 Å². The van der Waals surface area contributed by atoms with Gasteiger partial charge in [0.1, 0.15) is 23.1 Å². The predicted octanol–water partition coefficient (Wildman–Crippen LogP) is 1.95. The van der Waals surface area contributed by atoms with Crippen molar-refractivity contribution in [3.05, 3.63) is 36.2 Å². The van der Waals surface area contributed by atoms with Crippen LogP contribution in [0.3, 0.4) is 0 Å². The fourth-order valence-electron chi connectivity index (χ4n) is 1.36. The lowest BCUT2D eigenvalue weighted by molar-refractivity contribution is 0.592. The number of anilines is 1. The van der Waals surface area contributed by atoms with Crippen LogP contribution < -0.4 is 5.73 Å². The largest absolute Gasteiger partial charge is 0.394 e. The van der Waals surface area contributed by atoms with E-state index in [1.165, 1.54) is 12.1 Å². The van der Waals surface area contributed by atoms with Crippen molar-refractivity contribution in [3.63, 3.8) is 0 Å². The van der Waals surface area contributed by atoms with E-state index in [0.29, 0.717) is 11.4 Å². The highest BCUT2D eigenvalue weighted by molar-refractivity contribution is 5.60. The van der Waals surface area contributed by atoms with Gasteiger partial charge in [-0.3, -0.25) is 0 Å². The maximum Gasteiger partial charge on any atom is 0.149 e. The summed E-state index contributed by atoms with van der Waals surface area (Å²) in [4.78, 5) is 3.99. The van der Waals surface area contributed by atoms with Gasteiger partial charge in [0.15, 0.2) is 0 Å². The molecule has 0 spiro atoms. The maximum atomic E-state index is 13.2. The number of nitrogen functional groups attached to an aromatic ring is 1. The molecular formula is C10H9F2N3. The van der Waals surface area contributed by atoms with E-state index in [2.05, 4.69) is 4.98 Å². The van der Waals surface area contributed by atoms with Gasteiger partial charge in [-0.25, -0.2) is 13.8 Å². The smallest absolute Gasteiger partial charge is 0.149 e. The minimum Gasteiger partial charge on any atom is -0.394 e. The van der Waals surface area contributed by atoms with Crippen LogP contribution in [0.25, 0.3) is 11.4 Å². The fraction of sp³-hybridized carbons (Fsp3) is 0.100. The lowest BCUT2D eigenvalue weighted by Crippen LogP contribution is -1.98. The zero-order valence-electron chi connectivity index (χ0n) is 8.04. The summed E-state index contributed by atoms with van der Waals surface area (Å²) in [7, 11) is 1.74. The van der Waals surface area contributed by atoms with Crippen LogP contribution in [0.4, 0.5) is 14.5 Å². The van der Waals surface area contributed by atoms with Crippen molar-refractivity contribution in [3.8, 4) is 11.4 Å². The number of rotatable bonds is 1. The molecule has 1 heterocycles. The van der Waals surface area contributed by atoms with Crippen molar-refractivity contribution < 1.29 is 8.78 Å². The minimum absolute atomic E-state index is 0.367. The van der Waals surface area contributed by atoms with Crippen molar-refractivity contribution in [1.82, 2.24) is 9.55 Å². The predicted molar refractivity (Wildman–Crippen MR) is 53.0 cm³/mol. The molecule has 0 fully saturated rings. The summed E-state index contributed by atoms with van der Waals surface area (Å²) in [5.41, 5.74) is 5.07. The van der Waals surface area contributed by atoms with Crippen LogP contribution in [0.15, 0.2) is 24.5 Å². The average Bonchev–Trinajstić information content (AvgIpc) is 2.60. The van der Waals surface area contributed by atoms with Gasteiger partial charge in [-0.1, -0.05) is 0 Å². The molecule has 0 unspecified atom stereocenters. The van der Waals surface area contributed by atoms with E-state index in [4.69, 9.17) is 5.73 Å². The first-order valence-corrected chi connectivity index (χ1v) is 4.32. The van der Waals surface area contributed by atoms with Crippen molar-refractivity contribution in [2.45, 2.75) is 0 Å². The van der Waals surface area contributed by atoms with E-state index in [-0.39, 0.29) is 0 Å². The molecule has 0 radical (unpaired) electrons. The SMILES string of the molecule is Cn1ccnc1-c1cc(F)c(N)c(F)c1. The third kappa shape index (κ3) is 1.56. The molecule has 0 aliphatic rings. The summed E-state index contributed by atoms with van der Waals surface area (Å²) in [5.74, 6) is -1.05. The number of benzene rings is 1. The van der Waals surface area contributed by atoms with Gasteiger partial charge in [-0.2, -0.15) is 0 Å². The third-order valence-electron chi connectivity index (χ3n) is 2.16. The Morgan fingerprint density at radius 1 is 1.27 bits per heavy atom. The number of hydrogen-bond acceptors (Lipinski definition) is 2. The summed E-state index contributed by atoms with van der Waals surface area (Å²) >= 11 is 0. The second kappa shape index (κ2) is 3.34. The third-order valence-corrected chi connectivity index (χ3v) is 2.16. The maximum absolute atomic E-state index is 13.2. The lowest BCUT2D eigenvalue weighted by atomic mass is 10.2. The van der Waals surface area contributed by atoms with Crippen LogP contribution in [0, 0.1) is 11.6 Å². The molecule has 78 valence electrons. The molecule has 2 rings (SSSR count). The second-order valence-electron chi connectivity index (χ2n) is 3.22. The minimum atomic E-state index is -0.770. The van der Waals surface area contributed by atoms with Gasteiger partial charge in [0.2, 0.25) is 0 Å². The number of imidazole rings is 1. The molecule has 0 atom stereocenters. The second-order valence-corrected chi connectivity index (χ2v) is 3.22. The zero-order chi connectivity index (χ0) is 11.0. The Labute approximate surface area is 85.2 Å². The number of hydrogen-bond donors (Lipinski definition) is 1. The van der Waals surface area contributed by atoms with E-state index >= 15 is 0 Å². The van der Waals surface area contributed by atoms with Gasteiger partial charge in [-0.15, -0.1) is 0 Å². The number of nitrogens with two attached hydrogens (primary N) is 1. The molecule has 0 amide bonds. The first-order chi connectivity index (χ1) is 7.09. The topological polar surface area (TPSA) is 43.8 Å². The Kier molecular flexibility index (Phi) is 2.15. The molecular weight excluding hydrogens is 200 g/mol. The molecule has 5 heteroatoms. The average molecular weight is 209 g/mol. The van der Waals surface area contributed by atoms with Crippen LogP contribution in [-0.4, -0.2) is 9.55 Å². The first-order valence-electron chi connectivity index (χ1n) is 4.32. The van der Waals surface area contributed by atoms with Crippen LogP contribution >= 0.6 is 0 Å². The molecule has 0 saturated heterocycles. The van der Waals surface area contributed by atoms with Gasteiger partial charge < -0.3 is 10.3 Å². The standard InChI is InChI=1S/C10H9F2N3/c1-15-3-2-14-10(15)6-4-7(11)9(13)8(12)5-6/h2-5H,13H2,1H3. The van der Waals surface area contributed by atoms with E-state index < -0.39 is 17.3 Å². The molecule has 3 nitrogen and oxygen atoms in total. The normalized spacial score (nSPS) is 10.6. The molecule has 2 aromatic rings. The quantitative estimate of drug-likeness (QED) is 0.729. The molecule has 0 saturated carbocycles. The van der Waals surface area contributed by atoms with Gasteiger partial charge in [0.25, 0.3) is 0 Å². The Bertz CT molecular complexity index is 482. The summed E-state index contributed by atoms with van der Waals surface area (Å²) in [6, 6.07) is 2.33. The summed E-state index contributed by atoms with van der Waals surface area (Å²) in [5, 5.41) is 0. The molecule has 0 aliphatic heterocycles. The van der Waals surface area contributed by atoms with Crippen molar-refractivity contribution in [2.24, 2.45) is 7.05 Å². The highest BCUT2D eigenvalue weighted by Gasteiger charge is 2.11. The van der Waals surface area contributed by atoms with E-state index in [1.54, 1.807) is 24.0 Å². The van der Waals surface area contributed by atoms with Gasteiger partial charge in [0, 0.05) is 25.0 Å². The zero-order valence-corrected chi connectivity index (χ0v) is 8.04. The first kappa shape index (κ1) is 9.64. The highest BCUT2D eigenvalue weighted by atomic mass is 19.1. The highest BCUT2D eigenvalue weighted by Crippen LogP contribution is 2.23. The number of nitrogens with zero attached hydrogens (tertiary/aromatic N) is 2. The van der Waals surface area contributed by atoms with Crippen LogP contribution in [0.5, 0.6) is 0 Å². The molecule has 2 N–H and O–H groups in total. The van der Waals surface area contributed by atoms with Gasteiger partial charge in [0.05, 0.1) is 0 Å². The van der Waals surface area contributed by atoms with Gasteiger partial charge >= 0.3 is 0 Å².